The van der Waals surface area contributed by atoms with Crippen molar-refractivity contribution in [2.75, 3.05) is 13.2 Å². The molecule has 0 saturated heterocycles. The smallest absolute Gasteiger partial charge is 0.305 e. The summed E-state index contributed by atoms with van der Waals surface area (Å²) in [6, 6.07) is -0.656. The lowest BCUT2D eigenvalue weighted by atomic mass is 10.0. The van der Waals surface area contributed by atoms with E-state index >= 15 is 0 Å². The maximum absolute atomic E-state index is 12.5. The number of esters is 1. The van der Waals surface area contributed by atoms with Crippen LogP contribution in [0.4, 0.5) is 0 Å². The third-order valence-corrected chi connectivity index (χ3v) is 14.3. The zero-order valence-electron chi connectivity index (χ0n) is 47.5. The first-order valence-electron chi connectivity index (χ1n) is 31.4. The molecule has 71 heavy (non-hydrogen) atoms. The fourth-order valence-electron chi connectivity index (χ4n) is 9.48. The fraction of sp³-hybridized carbons (Fsp3) is 0.846. The van der Waals surface area contributed by atoms with Gasteiger partial charge in [0.05, 0.1) is 25.4 Å². The lowest BCUT2D eigenvalue weighted by Crippen LogP contribution is -2.45. The number of rotatable bonds is 58. The van der Waals surface area contributed by atoms with Crippen molar-refractivity contribution in [3.05, 3.63) is 48.6 Å². The predicted octanol–water partition coefficient (Wildman–Crippen LogP) is 19.7. The van der Waals surface area contributed by atoms with Gasteiger partial charge < -0.3 is 20.3 Å². The zero-order chi connectivity index (χ0) is 51.4. The van der Waals surface area contributed by atoms with Crippen LogP contribution in [0.3, 0.4) is 0 Å². The van der Waals surface area contributed by atoms with E-state index in [2.05, 4.69) is 55.6 Å². The summed E-state index contributed by atoms with van der Waals surface area (Å²) >= 11 is 0. The highest BCUT2D eigenvalue weighted by Crippen LogP contribution is 2.17. The van der Waals surface area contributed by atoms with Gasteiger partial charge in [-0.15, -0.1) is 0 Å². The summed E-state index contributed by atoms with van der Waals surface area (Å²) in [6.07, 6.45) is 77.3. The first kappa shape index (κ1) is 68.8. The van der Waals surface area contributed by atoms with Gasteiger partial charge in [-0.2, -0.15) is 0 Å². The maximum Gasteiger partial charge on any atom is 0.305 e. The maximum atomic E-state index is 12.5. The summed E-state index contributed by atoms with van der Waals surface area (Å²) in [5.74, 6) is -0.144. The summed E-state index contributed by atoms with van der Waals surface area (Å²) in [5.41, 5.74) is 0. The number of aliphatic hydroxyl groups is 2. The van der Waals surface area contributed by atoms with Crippen LogP contribution in [0.25, 0.3) is 0 Å². The molecule has 0 spiro atoms. The summed E-state index contributed by atoms with van der Waals surface area (Å²) < 4.78 is 5.45. The molecule has 2 unspecified atom stereocenters. The summed E-state index contributed by atoms with van der Waals surface area (Å²) in [6.45, 7) is 4.81. The molecule has 0 aliphatic heterocycles. The average Bonchev–Trinajstić information content (AvgIpc) is 3.37. The molecule has 416 valence electrons. The molecule has 0 aliphatic rings. The number of allylic oxidation sites excluding steroid dienone is 7. The Hall–Kier alpha value is -2.18. The predicted molar refractivity (Wildman–Crippen MR) is 310 cm³/mol. The minimum absolute atomic E-state index is 0.0418. The molecule has 0 aliphatic carbocycles. The molecule has 6 nitrogen and oxygen atoms in total. The van der Waals surface area contributed by atoms with Gasteiger partial charge in [-0.05, 0) is 89.9 Å². The molecule has 0 aromatic rings. The van der Waals surface area contributed by atoms with E-state index in [1.807, 2.05) is 6.08 Å². The number of carbonyl (C=O) groups is 2. The Kier molecular flexibility index (Phi) is 58.5. The van der Waals surface area contributed by atoms with Gasteiger partial charge in [-0.25, -0.2) is 0 Å². The molecule has 0 fully saturated rings. The molecule has 0 rings (SSSR count). The Labute approximate surface area is 442 Å². The van der Waals surface area contributed by atoms with Crippen molar-refractivity contribution < 1.29 is 24.5 Å². The molecule has 0 radical (unpaired) electrons. The number of amides is 1. The highest BCUT2D eigenvalue weighted by Gasteiger charge is 2.18. The van der Waals surface area contributed by atoms with Crippen LogP contribution in [-0.2, 0) is 14.3 Å². The molecule has 3 N–H and O–H groups in total. The molecule has 0 saturated carbocycles. The Balaban J connectivity index is 3.53. The number of nitrogens with one attached hydrogen (secondary N) is 1. The molecule has 2 atom stereocenters. The van der Waals surface area contributed by atoms with Gasteiger partial charge in [-0.1, -0.05) is 274 Å². The number of carbonyl (C=O) groups excluding carboxylic acids is 2. The minimum atomic E-state index is -0.869. The molecule has 6 heteroatoms. The summed E-state index contributed by atoms with van der Waals surface area (Å²) in [7, 11) is 0. The topological polar surface area (TPSA) is 95.9 Å². The highest BCUT2D eigenvalue weighted by atomic mass is 16.5. The van der Waals surface area contributed by atoms with Crippen molar-refractivity contribution in [2.24, 2.45) is 0 Å². The molecule has 0 bridgehead atoms. The summed E-state index contributed by atoms with van der Waals surface area (Å²) in [5, 5.41) is 23.2. The number of aliphatic hydroxyl groups excluding tert-OH is 2. The molecule has 0 aromatic heterocycles. The minimum Gasteiger partial charge on any atom is -0.466 e. The van der Waals surface area contributed by atoms with Crippen LogP contribution in [-0.4, -0.2) is 47.4 Å². The number of hydrogen-bond acceptors (Lipinski definition) is 5. The van der Waals surface area contributed by atoms with Crippen LogP contribution in [0.1, 0.15) is 328 Å². The number of unbranched alkanes of at least 4 members (excludes halogenated alkanes) is 41. The quantitative estimate of drug-likeness (QED) is 0.0321. The van der Waals surface area contributed by atoms with Gasteiger partial charge >= 0.3 is 5.97 Å². The molecule has 0 heterocycles. The first-order chi connectivity index (χ1) is 35.0. The van der Waals surface area contributed by atoms with Gasteiger partial charge in [0.1, 0.15) is 0 Å². The van der Waals surface area contributed by atoms with Crippen LogP contribution in [0.2, 0.25) is 0 Å². The number of ether oxygens (including phenoxy) is 1. The Morgan fingerprint density at radius 3 is 1.11 bits per heavy atom. The lowest BCUT2D eigenvalue weighted by molar-refractivity contribution is -0.143. The van der Waals surface area contributed by atoms with Crippen molar-refractivity contribution in [2.45, 2.75) is 341 Å². The fourth-order valence-corrected chi connectivity index (χ4v) is 9.48. The highest BCUT2D eigenvalue weighted by molar-refractivity contribution is 5.76. The molecular formula is C65H121NO5. The van der Waals surface area contributed by atoms with Crippen LogP contribution >= 0.6 is 0 Å². The lowest BCUT2D eigenvalue weighted by Gasteiger charge is -2.20. The van der Waals surface area contributed by atoms with E-state index in [9.17, 15) is 19.8 Å². The van der Waals surface area contributed by atoms with Crippen LogP contribution in [0.5, 0.6) is 0 Å². The second-order valence-electron chi connectivity index (χ2n) is 21.4. The van der Waals surface area contributed by atoms with Crippen LogP contribution < -0.4 is 5.32 Å². The molecule has 1 amide bonds. The van der Waals surface area contributed by atoms with E-state index in [0.29, 0.717) is 19.4 Å². The normalized spacial score (nSPS) is 12.9. The monoisotopic (exact) mass is 996 g/mol. The Bertz CT molecular complexity index is 1190. The zero-order valence-corrected chi connectivity index (χ0v) is 47.5. The van der Waals surface area contributed by atoms with Crippen molar-refractivity contribution in [1.82, 2.24) is 5.32 Å². The number of hydrogen-bond donors (Lipinski definition) is 3. The largest absolute Gasteiger partial charge is 0.466 e. The van der Waals surface area contributed by atoms with Crippen molar-refractivity contribution >= 4 is 11.9 Å². The first-order valence-corrected chi connectivity index (χ1v) is 31.4. The van der Waals surface area contributed by atoms with Crippen LogP contribution in [0, 0.1) is 0 Å². The Morgan fingerprint density at radius 1 is 0.394 bits per heavy atom. The van der Waals surface area contributed by atoms with E-state index in [-0.39, 0.29) is 18.5 Å². The van der Waals surface area contributed by atoms with E-state index in [1.165, 1.54) is 218 Å². The molecule has 0 aromatic carbocycles. The third kappa shape index (κ3) is 57.0. The van der Waals surface area contributed by atoms with E-state index in [1.54, 1.807) is 6.08 Å². The van der Waals surface area contributed by atoms with E-state index in [0.717, 1.165) is 83.5 Å². The SMILES string of the molecule is CCCCC/C=C\C/C=C\CCCCCCCCCCCC(=O)OCCCC/C=C\CCCCCCC(=O)NC(CO)C(O)/C=C/CCCCCCCCCCCCCCCCCCCCCCCCC. The van der Waals surface area contributed by atoms with Gasteiger partial charge in [0, 0.05) is 12.8 Å². The second-order valence-corrected chi connectivity index (χ2v) is 21.4. The Morgan fingerprint density at radius 2 is 0.704 bits per heavy atom. The van der Waals surface area contributed by atoms with Gasteiger partial charge in [0.2, 0.25) is 5.91 Å². The average molecular weight is 997 g/mol. The van der Waals surface area contributed by atoms with Crippen molar-refractivity contribution in [1.29, 1.82) is 0 Å². The van der Waals surface area contributed by atoms with Crippen LogP contribution in [0.15, 0.2) is 48.6 Å². The molecular weight excluding hydrogens is 875 g/mol. The van der Waals surface area contributed by atoms with E-state index < -0.39 is 12.1 Å². The third-order valence-electron chi connectivity index (χ3n) is 14.3. The van der Waals surface area contributed by atoms with Gasteiger partial charge in [0.25, 0.3) is 0 Å². The van der Waals surface area contributed by atoms with Crippen molar-refractivity contribution in [3.8, 4) is 0 Å². The standard InChI is InChI=1S/C65H121NO5/c1-3-5-7-9-11-13-15-17-19-21-23-24-25-26-27-28-30-31-33-35-37-41-45-49-53-57-63(68)62(61-67)66-64(69)58-54-50-46-42-39-40-44-48-52-56-60-71-65(70)59-55-51-47-43-38-36-34-32-29-22-20-18-16-14-12-10-8-6-4-2/h12,14,18,20,40,44,53,57,62-63,67-68H,3-11,13,15-17,19,21-39,41-43,45-52,54-56,58-61H2,1-2H3,(H,66,69)/b14-12-,20-18-,44-40-,57-53+. The second kappa shape index (κ2) is 60.4. The summed E-state index contributed by atoms with van der Waals surface area (Å²) in [4.78, 5) is 24.6. The van der Waals surface area contributed by atoms with E-state index in [4.69, 9.17) is 4.74 Å². The van der Waals surface area contributed by atoms with Crippen molar-refractivity contribution in [3.63, 3.8) is 0 Å². The van der Waals surface area contributed by atoms with Gasteiger partial charge in [0.15, 0.2) is 0 Å². The van der Waals surface area contributed by atoms with Gasteiger partial charge in [-0.3, -0.25) is 9.59 Å².